The number of unbranched alkanes of at least 4 members (excludes halogenated alkanes) is 12. The molecule has 0 aliphatic carbocycles. The number of allylic oxidation sites excluding steroid dienone is 2. The molecule has 0 fully saturated rings. The van der Waals surface area contributed by atoms with Crippen LogP contribution in [0.4, 0.5) is 0 Å². The summed E-state index contributed by atoms with van der Waals surface area (Å²) in [6.07, 6.45) is 23.4. The minimum absolute atomic E-state index is 0.187. The lowest BCUT2D eigenvalue weighted by molar-refractivity contribution is -0.134. The van der Waals surface area contributed by atoms with Crippen molar-refractivity contribution in [2.75, 3.05) is 32.8 Å². The van der Waals surface area contributed by atoms with Gasteiger partial charge in [0.05, 0.1) is 13.2 Å². The number of carboxylic acids is 1. The molecule has 0 saturated heterocycles. The molecular weight excluding hydrogens is 366 g/mol. The van der Waals surface area contributed by atoms with Gasteiger partial charge in [0.2, 0.25) is 0 Å². The second kappa shape index (κ2) is 27.1. The van der Waals surface area contributed by atoms with Gasteiger partial charge in [-0.25, -0.2) is 0 Å². The monoisotopic (exact) mass is 415 g/mol. The van der Waals surface area contributed by atoms with Gasteiger partial charge in [-0.3, -0.25) is 9.69 Å². The molecule has 0 rings (SSSR count). The van der Waals surface area contributed by atoms with Crippen LogP contribution in [0.5, 0.6) is 0 Å². The van der Waals surface area contributed by atoms with E-state index in [1.807, 2.05) is 0 Å². The molecule has 0 amide bonds. The molecule has 0 aliphatic heterocycles. The first-order valence-electron chi connectivity index (χ1n) is 11.9. The fourth-order valence-electron chi connectivity index (χ4n) is 3.20. The molecule has 0 aromatic carbocycles. The standard InChI is InChI=1S/C22H45NO2.C2H4O2/c1-2-3-4-5-6-7-8-9-10-11-12-13-14-15-16-17-18-23(19-21-24)20-22-25;1-2(3)4/h9-10,24-25H,2-8,11-22H2,1H3;1H3,(H,3,4). The van der Waals surface area contributed by atoms with Crippen LogP contribution in [0.2, 0.25) is 0 Å². The molecule has 0 saturated carbocycles. The van der Waals surface area contributed by atoms with Crippen LogP contribution in [0.3, 0.4) is 0 Å². The summed E-state index contributed by atoms with van der Waals surface area (Å²) in [6.45, 7) is 6.10. The number of nitrogens with zero attached hydrogens (tertiary/aromatic N) is 1. The number of hydrogen-bond acceptors (Lipinski definition) is 4. The van der Waals surface area contributed by atoms with Gasteiger partial charge >= 0.3 is 0 Å². The van der Waals surface area contributed by atoms with Crippen LogP contribution in [0.15, 0.2) is 12.2 Å². The molecule has 29 heavy (non-hydrogen) atoms. The minimum Gasteiger partial charge on any atom is -0.481 e. The van der Waals surface area contributed by atoms with E-state index in [-0.39, 0.29) is 13.2 Å². The van der Waals surface area contributed by atoms with Crippen molar-refractivity contribution in [1.82, 2.24) is 4.90 Å². The second-order valence-corrected chi connectivity index (χ2v) is 7.75. The second-order valence-electron chi connectivity index (χ2n) is 7.75. The Kier molecular flexibility index (Phi) is 28.3. The molecule has 0 aromatic rings. The lowest BCUT2D eigenvalue weighted by Gasteiger charge is -2.19. The van der Waals surface area contributed by atoms with Gasteiger partial charge in [-0.05, 0) is 38.6 Å². The van der Waals surface area contributed by atoms with Gasteiger partial charge in [-0.1, -0.05) is 76.9 Å². The van der Waals surface area contributed by atoms with Gasteiger partial charge in [0.25, 0.3) is 5.97 Å². The molecular formula is C24H49NO4. The molecule has 0 aliphatic rings. The highest BCUT2D eigenvalue weighted by atomic mass is 16.4. The number of hydrogen-bond donors (Lipinski definition) is 3. The largest absolute Gasteiger partial charge is 0.481 e. The summed E-state index contributed by atoms with van der Waals surface area (Å²) in [6, 6.07) is 0. The van der Waals surface area contributed by atoms with E-state index in [0.717, 1.165) is 13.5 Å². The molecule has 5 heteroatoms. The van der Waals surface area contributed by atoms with Crippen LogP contribution in [0, 0.1) is 0 Å². The summed E-state index contributed by atoms with van der Waals surface area (Å²) < 4.78 is 0. The fraction of sp³-hybridized carbons (Fsp3) is 0.875. The molecule has 0 atom stereocenters. The number of aliphatic hydroxyl groups is 2. The average Bonchev–Trinajstić information content (AvgIpc) is 2.67. The van der Waals surface area contributed by atoms with Gasteiger partial charge in [0.15, 0.2) is 0 Å². The minimum atomic E-state index is -0.833. The highest BCUT2D eigenvalue weighted by Gasteiger charge is 2.02. The smallest absolute Gasteiger partial charge is 0.300 e. The Hall–Kier alpha value is -0.910. The Morgan fingerprint density at radius 2 is 1.07 bits per heavy atom. The van der Waals surface area contributed by atoms with Gasteiger partial charge < -0.3 is 15.3 Å². The van der Waals surface area contributed by atoms with E-state index >= 15 is 0 Å². The summed E-state index contributed by atoms with van der Waals surface area (Å²) in [7, 11) is 0. The van der Waals surface area contributed by atoms with Crippen LogP contribution >= 0.6 is 0 Å². The molecule has 5 nitrogen and oxygen atoms in total. The first kappa shape index (κ1) is 30.3. The zero-order chi connectivity index (χ0) is 22.0. The zero-order valence-corrected chi connectivity index (χ0v) is 19.3. The maximum Gasteiger partial charge on any atom is 0.300 e. The zero-order valence-electron chi connectivity index (χ0n) is 19.3. The van der Waals surface area contributed by atoms with E-state index < -0.39 is 5.97 Å². The SMILES string of the molecule is CC(=O)O.CCCCCCCCC=CCCCCCCCCN(CCO)CCO. The van der Waals surface area contributed by atoms with Gasteiger partial charge in [0.1, 0.15) is 0 Å². The third kappa shape index (κ3) is 32.0. The summed E-state index contributed by atoms with van der Waals surface area (Å²) in [5.74, 6) is -0.833. The van der Waals surface area contributed by atoms with Crippen LogP contribution in [-0.4, -0.2) is 59.0 Å². The number of rotatable bonds is 20. The fourth-order valence-corrected chi connectivity index (χ4v) is 3.20. The lowest BCUT2D eigenvalue weighted by Crippen LogP contribution is -2.30. The summed E-state index contributed by atoms with van der Waals surface area (Å²) in [5, 5.41) is 25.4. The third-order valence-electron chi connectivity index (χ3n) is 4.82. The number of aliphatic hydroxyl groups excluding tert-OH is 2. The molecule has 0 radical (unpaired) electrons. The van der Waals surface area contributed by atoms with Crippen LogP contribution in [0.25, 0.3) is 0 Å². The molecule has 0 heterocycles. The predicted octanol–water partition coefficient (Wildman–Crippen LogP) is 5.40. The first-order chi connectivity index (χ1) is 14.1. The average molecular weight is 416 g/mol. The molecule has 0 unspecified atom stereocenters. The van der Waals surface area contributed by atoms with Crippen molar-refractivity contribution >= 4 is 5.97 Å². The van der Waals surface area contributed by atoms with Crippen LogP contribution < -0.4 is 0 Å². The Morgan fingerprint density at radius 1 is 0.690 bits per heavy atom. The topological polar surface area (TPSA) is 81.0 Å². The normalized spacial score (nSPS) is 11.1. The number of carboxylic acid groups (broad SMARTS) is 1. The van der Waals surface area contributed by atoms with E-state index in [0.29, 0.717) is 13.1 Å². The van der Waals surface area contributed by atoms with Crippen molar-refractivity contribution in [3.05, 3.63) is 12.2 Å². The summed E-state index contributed by atoms with van der Waals surface area (Å²) >= 11 is 0. The highest BCUT2D eigenvalue weighted by Crippen LogP contribution is 2.10. The van der Waals surface area contributed by atoms with E-state index in [2.05, 4.69) is 24.0 Å². The number of carbonyl (C=O) groups is 1. The van der Waals surface area contributed by atoms with Crippen molar-refractivity contribution in [1.29, 1.82) is 0 Å². The van der Waals surface area contributed by atoms with Crippen molar-refractivity contribution in [3.63, 3.8) is 0 Å². The van der Waals surface area contributed by atoms with E-state index in [4.69, 9.17) is 20.1 Å². The molecule has 174 valence electrons. The predicted molar refractivity (Wildman–Crippen MR) is 123 cm³/mol. The van der Waals surface area contributed by atoms with Crippen molar-refractivity contribution in [2.45, 2.75) is 104 Å². The Morgan fingerprint density at radius 3 is 1.48 bits per heavy atom. The summed E-state index contributed by atoms with van der Waals surface area (Å²) in [5.41, 5.74) is 0. The van der Waals surface area contributed by atoms with Crippen LogP contribution in [0.1, 0.15) is 104 Å². The van der Waals surface area contributed by atoms with E-state index in [1.165, 1.54) is 89.9 Å². The maximum absolute atomic E-state index is 9.00. The third-order valence-corrected chi connectivity index (χ3v) is 4.82. The van der Waals surface area contributed by atoms with Crippen molar-refractivity contribution < 1.29 is 20.1 Å². The van der Waals surface area contributed by atoms with Crippen molar-refractivity contribution in [2.24, 2.45) is 0 Å². The lowest BCUT2D eigenvalue weighted by atomic mass is 10.1. The molecule has 0 spiro atoms. The number of aliphatic carboxylic acids is 1. The van der Waals surface area contributed by atoms with Gasteiger partial charge in [0, 0.05) is 20.0 Å². The van der Waals surface area contributed by atoms with Gasteiger partial charge in [-0.2, -0.15) is 0 Å². The van der Waals surface area contributed by atoms with E-state index in [1.54, 1.807) is 0 Å². The molecule has 0 aromatic heterocycles. The molecule has 0 bridgehead atoms. The molecule has 3 N–H and O–H groups in total. The Bertz CT molecular complexity index is 338. The quantitative estimate of drug-likeness (QED) is 0.183. The first-order valence-corrected chi connectivity index (χ1v) is 11.9. The van der Waals surface area contributed by atoms with Gasteiger partial charge in [-0.15, -0.1) is 0 Å². The summed E-state index contributed by atoms with van der Waals surface area (Å²) in [4.78, 5) is 11.1. The van der Waals surface area contributed by atoms with Crippen molar-refractivity contribution in [3.8, 4) is 0 Å². The van der Waals surface area contributed by atoms with E-state index in [9.17, 15) is 0 Å². The maximum atomic E-state index is 9.00. The van der Waals surface area contributed by atoms with Crippen LogP contribution in [-0.2, 0) is 4.79 Å². The Labute approximate surface area is 180 Å². The highest BCUT2D eigenvalue weighted by molar-refractivity contribution is 5.62. The Balaban J connectivity index is 0.